The topological polar surface area (TPSA) is 53.4 Å². The molecule has 2 aromatic rings. The van der Waals surface area contributed by atoms with Gasteiger partial charge in [-0.15, -0.1) is 0 Å². The summed E-state index contributed by atoms with van der Waals surface area (Å²) in [6.07, 6.45) is 4.82. The zero-order chi connectivity index (χ0) is 22.0. The molecule has 1 aromatic carbocycles. The molecule has 156 valence electrons. The van der Waals surface area contributed by atoms with Gasteiger partial charge in [-0.25, -0.2) is 9.37 Å². The molecular formula is C24H31FN2O2. The number of aliphatic hydroxyl groups excluding tert-OH is 1. The van der Waals surface area contributed by atoms with Gasteiger partial charge in [0.05, 0.1) is 6.20 Å². The fourth-order valence-corrected chi connectivity index (χ4v) is 3.14. The minimum Gasteiger partial charge on any atom is -0.400 e. The number of carbonyl (C=O) groups is 1. The number of rotatable bonds is 8. The van der Waals surface area contributed by atoms with Crippen LogP contribution >= 0.6 is 0 Å². The standard InChI is InChI=1S/C23H27FN2O.CH4O/c1-6-19(14-17(3)27)22(26(5)23-13-11-21(24)15-25-23)12-10-20-9-7-8-16(2)18(20)4;1-2/h6-9,11,13,15H,1,10,12,14H2,2-5H3;2H,1H3/b22-19+;. The van der Waals surface area contributed by atoms with E-state index in [1.165, 1.54) is 29.0 Å². The van der Waals surface area contributed by atoms with Crippen LogP contribution < -0.4 is 4.90 Å². The Morgan fingerprint density at radius 2 is 1.93 bits per heavy atom. The second kappa shape index (κ2) is 11.9. The zero-order valence-electron chi connectivity index (χ0n) is 18.0. The van der Waals surface area contributed by atoms with E-state index in [1.54, 1.807) is 19.1 Å². The number of Topliss-reactive ketones (excluding diaryl/α,β-unsaturated/α-hetero) is 1. The molecule has 0 saturated heterocycles. The van der Waals surface area contributed by atoms with Gasteiger partial charge in [0.1, 0.15) is 17.4 Å². The van der Waals surface area contributed by atoms with Crippen LogP contribution in [-0.4, -0.2) is 30.0 Å². The highest BCUT2D eigenvalue weighted by atomic mass is 19.1. The first-order valence-electron chi connectivity index (χ1n) is 9.52. The molecule has 1 aromatic heterocycles. The van der Waals surface area contributed by atoms with Crippen LogP contribution in [0.15, 0.2) is 60.5 Å². The number of hydrogen-bond acceptors (Lipinski definition) is 4. The summed E-state index contributed by atoms with van der Waals surface area (Å²) in [5, 5.41) is 7.00. The maximum absolute atomic E-state index is 13.2. The number of pyridine rings is 1. The number of hydrogen-bond donors (Lipinski definition) is 1. The molecular weight excluding hydrogens is 367 g/mol. The minimum atomic E-state index is -0.374. The number of allylic oxidation sites excluding steroid dienone is 3. The lowest BCUT2D eigenvalue weighted by Gasteiger charge is -2.25. The lowest BCUT2D eigenvalue weighted by Crippen LogP contribution is -2.21. The molecule has 1 heterocycles. The van der Waals surface area contributed by atoms with Gasteiger partial charge in [-0.1, -0.05) is 30.9 Å². The van der Waals surface area contributed by atoms with Gasteiger partial charge < -0.3 is 10.0 Å². The highest BCUT2D eigenvalue weighted by Gasteiger charge is 2.15. The van der Waals surface area contributed by atoms with Crippen molar-refractivity contribution in [3.05, 3.63) is 83.0 Å². The maximum atomic E-state index is 13.2. The molecule has 2 rings (SSSR count). The van der Waals surface area contributed by atoms with Crippen molar-refractivity contribution >= 4 is 11.6 Å². The van der Waals surface area contributed by atoms with E-state index in [1.807, 2.05) is 11.9 Å². The van der Waals surface area contributed by atoms with Crippen LogP contribution in [0.3, 0.4) is 0 Å². The molecule has 0 spiro atoms. The van der Waals surface area contributed by atoms with Crippen LogP contribution in [0.5, 0.6) is 0 Å². The van der Waals surface area contributed by atoms with Crippen molar-refractivity contribution in [2.45, 2.75) is 40.0 Å². The van der Waals surface area contributed by atoms with Crippen LogP contribution in [0.2, 0.25) is 0 Å². The van der Waals surface area contributed by atoms with Gasteiger partial charge in [-0.2, -0.15) is 0 Å². The number of aliphatic hydroxyl groups is 1. The normalized spacial score (nSPS) is 11.1. The van der Waals surface area contributed by atoms with Gasteiger partial charge in [0.15, 0.2) is 0 Å². The smallest absolute Gasteiger partial charge is 0.141 e. The fourth-order valence-electron chi connectivity index (χ4n) is 3.14. The summed E-state index contributed by atoms with van der Waals surface area (Å²) >= 11 is 0. The number of anilines is 1. The molecule has 1 N–H and O–H groups in total. The number of nitrogens with zero attached hydrogens (tertiary/aromatic N) is 2. The molecule has 0 fully saturated rings. The zero-order valence-corrected chi connectivity index (χ0v) is 18.0. The van der Waals surface area contributed by atoms with E-state index in [0.29, 0.717) is 12.2 Å². The number of carbonyl (C=O) groups excluding carboxylic acids is 1. The molecule has 4 nitrogen and oxygen atoms in total. The van der Waals surface area contributed by atoms with Gasteiger partial charge in [0.2, 0.25) is 0 Å². The van der Waals surface area contributed by atoms with Crippen molar-refractivity contribution in [3.63, 3.8) is 0 Å². The average molecular weight is 399 g/mol. The number of halogens is 1. The van der Waals surface area contributed by atoms with Crippen LogP contribution in [0, 0.1) is 19.7 Å². The molecule has 0 unspecified atom stereocenters. The van der Waals surface area contributed by atoms with Gasteiger partial charge in [-0.3, -0.25) is 4.79 Å². The molecule has 0 radical (unpaired) electrons. The van der Waals surface area contributed by atoms with E-state index in [4.69, 9.17) is 5.11 Å². The van der Waals surface area contributed by atoms with Crippen molar-refractivity contribution < 1.29 is 14.3 Å². The second-order valence-corrected chi connectivity index (χ2v) is 6.81. The summed E-state index contributed by atoms with van der Waals surface area (Å²) in [4.78, 5) is 17.8. The summed E-state index contributed by atoms with van der Waals surface area (Å²) in [5.41, 5.74) is 5.67. The Balaban J connectivity index is 0.00000204. The van der Waals surface area contributed by atoms with Gasteiger partial charge >= 0.3 is 0 Å². The summed E-state index contributed by atoms with van der Waals surface area (Å²) in [6, 6.07) is 9.33. The lowest BCUT2D eigenvalue weighted by molar-refractivity contribution is -0.116. The van der Waals surface area contributed by atoms with Crippen LogP contribution in [-0.2, 0) is 11.2 Å². The Morgan fingerprint density at radius 1 is 1.24 bits per heavy atom. The summed E-state index contributed by atoms with van der Waals surface area (Å²) in [7, 11) is 2.89. The Bertz CT molecular complexity index is 858. The van der Waals surface area contributed by atoms with Crippen molar-refractivity contribution in [1.29, 1.82) is 0 Å². The predicted molar refractivity (Wildman–Crippen MR) is 117 cm³/mol. The number of ketones is 1. The molecule has 0 aliphatic carbocycles. The summed E-state index contributed by atoms with van der Waals surface area (Å²) in [5.74, 6) is 0.339. The molecule has 5 heteroatoms. The van der Waals surface area contributed by atoms with Crippen LogP contribution in [0.1, 0.15) is 36.5 Å². The van der Waals surface area contributed by atoms with Gasteiger partial charge in [0.25, 0.3) is 0 Å². The average Bonchev–Trinajstić information content (AvgIpc) is 2.71. The molecule has 0 amide bonds. The predicted octanol–water partition coefficient (Wildman–Crippen LogP) is 4.93. The van der Waals surface area contributed by atoms with Crippen LogP contribution in [0.4, 0.5) is 10.2 Å². The van der Waals surface area contributed by atoms with Crippen molar-refractivity contribution in [3.8, 4) is 0 Å². The molecule has 0 aliphatic heterocycles. The third kappa shape index (κ3) is 6.95. The summed E-state index contributed by atoms with van der Waals surface area (Å²) in [6.45, 7) is 9.70. The third-order valence-electron chi connectivity index (χ3n) is 4.86. The van der Waals surface area contributed by atoms with E-state index in [9.17, 15) is 9.18 Å². The third-order valence-corrected chi connectivity index (χ3v) is 4.86. The molecule has 0 saturated carbocycles. The summed E-state index contributed by atoms with van der Waals surface area (Å²) < 4.78 is 13.2. The molecule has 0 aliphatic rings. The first-order chi connectivity index (χ1) is 13.8. The minimum absolute atomic E-state index is 0.0783. The number of benzene rings is 1. The van der Waals surface area contributed by atoms with Crippen LogP contribution in [0.25, 0.3) is 0 Å². The Labute approximate surface area is 173 Å². The fraction of sp³-hybridized carbons (Fsp3) is 0.333. The van der Waals surface area contributed by atoms with E-state index in [-0.39, 0.29) is 11.6 Å². The second-order valence-electron chi connectivity index (χ2n) is 6.81. The highest BCUT2D eigenvalue weighted by Crippen LogP contribution is 2.25. The first-order valence-corrected chi connectivity index (χ1v) is 9.52. The van der Waals surface area contributed by atoms with Gasteiger partial charge in [0, 0.05) is 26.3 Å². The SMILES string of the molecule is C=C/C(CC(C)=O)=C(/CCc1cccc(C)c1C)N(C)c1ccc(F)cn1.CO. The van der Waals surface area contributed by atoms with E-state index in [2.05, 4.69) is 43.6 Å². The lowest BCUT2D eigenvalue weighted by atomic mass is 9.96. The van der Waals surface area contributed by atoms with E-state index >= 15 is 0 Å². The van der Waals surface area contributed by atoms with Crippen molar-refractivity contribution in [2.75, 3.05) is 19.1 Å². The Hall–Kier alpha value is -2.79. The van der Waals surface area contributed by atoms with Crippen molar-refractivity contribution in [1.82, 2.24) is 4.98 Å². The quantitative estimate of drug-likeness (QED) is 0.640. The Morgan fingerprint density at radius 3 is 2.48 bits per heavy atom. The molecule has 0 bridgehead atoms. The van der Waals surface area contributed by atoms with Gasteiger partial charge in [-0.05, 0) is 68.0 Å². The maximum Gasteiger partial charge on any atom is 0.141 e. The van der Waals surface area contributed by atoms with E-state index < -0.39 is 0 Å². The molecule has 0 atom stereocenters. The Kier molecular flexibility index (Phi) is 9.97. The van der Waals surface area contributed by atoms with Crippen molar-refractivity contribution in [2.24, 2.45) is 0 Å². The first kappa shape index (κ1) is 24.2. The largest absolute Gasteiger partial charge is 0.400 e. The number of aryl methyl sites for hydroxylation is 2. The number of aromatic nitrogens is 1. The molecule has 29 heavy (non-hydrogen) atoms. The highest BCUT2D eigenvalue weighted by molar-refractivity contribution is 5.79. The monoisotopic (exact) mass is 398 g/mol. The van der Waals surface area contributed by atoms with E-state index in [0.717, 1.165) is 31.2 Å².